The average Bonchev–Trinajstić information content (AvgIpc) is 2.03. The molecule has 0 aromatic carbocycles. The van der Waals surface area contributed by atoms with E-state index in [1.165, 1.54) is 19.3 Å². The third-order valence-electron chi connectivity index (χ3n) is 1.63. The molecule has 2 radical (unpaired) electrons. The standard InChI is InChI=1S/C9H20N2/c1-2-3-4-5-8-11-9-6-7-10/h10-11H,1-9H2. The van der Waals surface area contributed by atoms with Crippen molar-refractivity contribution in [1.29, 1.82) is 0 Å². The fourth-order valence-electron chi connectivity index (χ4n) is 0.942. The van der Waals surface area contributed by atoms with Gasteiger partial charge in [-0.25, -0.2) is 0 Å². The van der Waals surface area contributed by atoms with Crippen molar-refractivity contribution in [2.45, 2.75) is 32.1 Å². The molecule has 0 aromatic rings. The van der Waals surface area contributed by atoms with Crippen LogP contribution in [0.15, 0.2) is 0 Å². The molecule has 0 aromatic heterocycles. The monoisotopic (exact) mass is 156 g/mol. The summed E-state index contributed by atoms with van der Waals surface area (Å²) >= 11 is 0. The van der Waals surface area contributed by atoms with Crippen LogP contribution in [0, 0.1) is 6.92 Å². The summed E-state index contributed by atoms with van der Waals surface area (Å²) in [6, 6.07) is 0. The van der Waals surface area contributed by atoms with E-state index in [0.717, 1.165) is 25.9 Å². The van der Waals surface area contributed by atoms with Crippen LogP contribution in [0.3, 0.4) is 0 Å². The minimum atomic E-state index is 0.548. The lowest BCUT2D eigenvalue weighted by molar-refractivity contribution is 0.592. The molecule has 2 N–H and O–H groups in total. The lowest BCUT2D eigenvalue weighted by Crippen LogP contribution is -2.17. The van der Waals surface area contributed by atoms with E-state index >= 15 is 0 Å². The number of unbranched alkanes of at least 4 members (excludes halogenated alkanes) is 3. The van der Waals surface area contributed by atoms with Crippen molar-refractivity contribution in [2.75, 3.05) is 19.6 Å². The first-order valence-corrected chi connectivity index (χ1v) is 4.56. The highest BCUT2D eigenvalue weighted by atomic mass is 14.8. The van der Waals surface area contributed by atoms with E-state index in [-0.39, 0.29) is 0 Å². The van der Waals surface area contributed by atoms with E-state index in [4.69, 9.17) is 5.73 Å². The molecule has 0 aliphatic rings. The summed E-state index contributed by atoms with van der Waals surface area (Å²) < 4.78 is 0. The molecule has 2 heteroatoms. The molecule has 0 unspecified atom stereocenters. The second kappa shape index (κ2) is 9.92. The van der Waals surface area contributed by atoms with Gasteiger partial charge in [0.2, 0.25) is 0 Å². The Balaban J connectivity index is 2.69. The maximum atomic E-state index is 6.90. The van der Waals surface area contributed by atoms with Gasteiger partial charge in [0.05, 0.1) is 0 Å². The molecule has 0 spiro atoms. The molecule has 66 valence electrons. The molecule has 0 aliphatic carbocycles. The first kappa shape index (κ1) is 10.9. The maximum absolute atomic E-state index is 6.90. The number of hydrogen-bond acceptors (Lipinski definition) is 1. The van der Waals surface area contributed by atoms with Gasteiger partial charge in [-0.05, 0) is 25.9 Å². The van der Waals surface area contributed by atoms with Crippen LogP contribution >= 0.6 is 0 Å². The summed E-state index contributed by atoms with van der Waals surface area (Å²) in [5.74, 6) is 0. The van der Waals surface area contributed by atoms with E-state index in [2.05, 4.69) is 12.2 Å². The van der Waals surface area contributed by atoms with Crippen LogP contribution < -0.4 is 11.1 Å². The lowest BCUT2D eigenvalue weighted by Gasteiger charge is -2.01. The summed E-state index contributed by atoms with van der Waals surface area (Å²) in [4.78, 5) is 0. The van der Waals surface area contributed by atoms with Crippen molar-refractivity contribution in [3.63, 3.8) is 0 Å². The van der Waals surface area contributed by atoms with Gasteiger partial charge in [-0.2, -0.15) is 0 Å². The zero-order valence-electron chi connectivity index (χ0n) is 7.36. The topological polar surface area (TPSA) is 35.8 Å². The Labute approximate surface area is 70.5 Å². The molecule has 0 bridgehead atoms. The Morgan fingerprint density at radius 2 is 1.73 bits per heavy atom. The molecule has 0 fully saturated rings. The highest BCUT2D eigenvalue weighted by molar-refractivity contribution is 4.50. The smallest absolute Gasteiger partial charge is 0.0112 e. The highest BCUT2D eigenvalue weighted by Gasteiger charge is 1.87. The van der Waals surface area contributed by atoms with Crippen LogP contribution in [0.25, 0.3) is 0 Å². The van der Waals surface area contributed by atoms with Crippen molar-refractivity contribution in [3.05, 3.63) is 6.92 Å². The van der Waals surface area contributed by atoms with Gasteiger partial charge in [-0.1, -0.05) is 26.2 Å². The summed E-state index contributed by atoms with van der Waals surface area (Å²) in [5, 5.41) is 3.30. The Hall–Kier alpha value is -0.0800. The SMILES string of the molecule is [CH2]CCCCCNCCC[NH]. The van der Waals surface area contributed by atoms with E-state index in [1.54, 1.807) is 0 Å². The third-order valence-corrected chi connectivity index (χ3v) is 1.63. The fraction of sp³-hybridized carbons (Fsp3) is 0.889. The van der Waals surface area contributed by atoms with E-state index in [1.807, 2.05) is 0 Å². The zero-order valence-corrected chi connectivity index (χ0v) is 7.36. The lowest BCUT2D eigenvalue weighted by atomic mass is 10.2. The Kier molecular flexibility index (Phi) is 9.85. The first-order valence-electron chi connectivity index (χ1n) is 4.56. The molecule has 0 amide bonds. The Bertz CT molecular complexity index is 56.6. The molecule has 0 saturated carbocycles. The van der Waals surface area contributed by atoms with E-state index in [9.17, 15) is 0 Å². The first-order chi connectivity index (χ1) is 5.41. The van der Waals surface area contributed by atoms with Crippen molar-refractivity contribution in [2.24, 2.45) is 0 Å². The molecule has 0 aliphatic heterocycles. The second-order valence-corrected chi connectivity index (χ2v) is 2.77. The van der Waals surface area contributed by atoms with Crippen molar-refractivity contribution in [3.8, 4) is 0 Å². The van der Waals surface area contributed by atoms with Crippen LogP contribution in [0.2, 0.25) is 0 Å². The molecular weight excluding hydrogens is 136 g/mol. The minimum absolute atomic E-state index is 0.548. The van der Waals surface area contributed by atoms with E-state index < -0.39 is 0 Å². The van der Waals surface area contributed by atoms with Crippen LogP contribution in [-0.2, 0) is 0 Å². The summed E-state index contributed by atoms with van der Waals surface area (Å²) in [6.07, 6.45) is 5.84. The number of rotatable bonds is 8. The summed E-state index contributed by atoms with van der Waals surface area (Å²) in [6.45, 7) is 6.45. The summed E-state index contributed by atoms with van der Waals surface area (Å²) in [5.41, 5.74) is 6.90. The van der Waals surface area contributed by atoms with Crippen LogP contribution in [0.4, 0.5) is 0 Å². The molecule has 11 heavy (non-hydrogen) atoms. The van der Waals surface area contributed by atoms with Gasteiger partial charge in [-0.15, -0.1) is 0 Å². The van der Waals surface area contributed by atoms with Gasteiger partial charge >= 0.3 is 0 Å². The fourth-order valence-corrected chi connectivity index (χ4v) is 0.942. The Morgan fingerprint density at radius 1 is 1.00 bits per heavy atom. The van der Waals surface area contributed by atoms with Gasteiger partial charge in [0.15, 0.2) is 0 Å². The quantitative estimate of drug-likeness (QED) is 0.533. The molecule has 0 saturated heterocycles. The molecule has 2 nitrogen and oxygen atoms in total. The number of hydrogen-bond donors (Lipinski definition) is 1. The van der Waals surface area contributed by atoms with E-state index in [0.29, 0.717) is 6.54 Å². The molecule has 0 heterocycles. The summed E-state index contributed by atoms with van der Waals surface area (Å²) in [7, 11) is 0. The van der Waals surface area contributed by atoms with Gasteiger partial charge in [0, 0.05) is 6.54 Å². The van der Waals surface area contributed by atoms with Crippen molar-refractivity contribution < 1.29 is 0 Å². The predicted molar refractivity (Wildman–Crippen MR) is 49.3 cm³/mol. The zero-order chi connectivity index (χ0) is 8.36. The third kappa shape index (κ3) is 9.92. The molecular formula is C9H20N2. The van der Waals surface area contributed by atoms with Gasteiger partial charge in [-0.3, -0.25) is 5.73 Å². The second-order valence-electron chi connectivity index (χ2n) is 2.77. The minimum Gasteiger partial charge on any atom is -0.317 e. The van der Waals surface area contributed by atoms with Crippen molar-refractivity contribution >= 4 is 0 Å². The highest BCUT2D eigenvalue weighted by Crippen LogP contribution is 1.96. The van der Waals surface area contributed by atoms with Gasteiger partial charge < -0.3 is 5.32 Å². The largest absolute Gasteiger partial charge is 0.317 e. The van der Waals surface area contributed by atoms with Crippen LogP contribution in [0.1, 0.15) is 32.1 Å². The van der Waals surface area contributed by atoms with Gasteiger partial charge in [0.25, 0.3) is 0 Å². The number of nitrogens with one attached hydrogen (secondary N) is 2. The maximum Gasteiger partial charge on any atom is 0.0112 e. The van der Waals surface area contributed by atoms with Crippen molar-refractivity contribution in [1.82, 2.24) is 11.1 Å². The Morgan fingerprint density at radius 3 is 2.36 bits per heavy atom. The van der Waals surface area contributed by atoms with Crippen LogP contribution in [-0.4, -0.2) is 19.6 Å². The molecule has 0 rings (SSSR count). The predicted octanol–water partition coefficient (Wildman–Crippen LogP) is 1.64. The normalized spacial score (nSPS) is 10.4. The average molecular weight is 156 g/mol. The van der Waals surface area contributed by atoms with Gasteiger partial charge in [0.1, 0.15) is 0 Å². The molecule has 0 atom stereocenters. The van der Waals surface area contributed by atoms with Crippen LogP contribution in [0.5, 0.6) is 0 Å².